The third kappa shape index (κ3) is 4.17. The van der Waals surface area contributed by atoms with Gasteiger partial charge in [0, 0.05) is 6.54 Å². The highest BCUT2D eigenvalue weighted by Gasteiger charge is 2.36. The Morgan fingerprint density at radius 2 is 2.05 bits per heavy atom. The monoisotopic (exact) mass is 306 g/mol. The first kappa shape index (κ1) is 16.9. The Balaban J connectivity index is 2.84. The topological polar surface area (TPSA) is 104 Å². The zero-order chi connectivity index (χ0) is 15.3. The van der Waals surface area contributed by atoms with Crippen LogP contribution in [-0.4, -0.2) is 54.1 Å². The summed E-state index contributed by atoms with van der Waals surface area (Å²) in [6.07, 6.45) is 2.40. The van der Waals surface area contributed by atoms with Crippen LogP contribution in [0.15, 0.2) is 0 Å². The zero-order valence-corrected chi connectivity index (χ0v) is 12.6. The van der Waals surface area contributed by atoms with Crippen molar-refractivity contribution in [2.75, 3.05) is 12.3 Å². The second kappa shape index (κ2) is 7.03. The third-order valence-electron chi connectivity index (χ3n) is 3.30. The number of piperidine rings is 1. The summed E-state index contributed by atoms with van der Waals surface area (Å²) in [5.41, 5.74) is 0. The lowest BCUT2D eigenvalue weighted by molar-refractivity contribution is -0.142. The van der Waals surface area contributed by atoms with Gasteiger partial charge in [-0.05, 0) is 26.2 Å². The number of hydrogen-bond acceptors (Lipinski definition) is 4. The van der Waals surface area contributed by atoms with Crippen molar-refractivity contribution in [2.24, 2.45) is 0 Å². The number of carboxylic acids is 1. The minimum atomic E-state index is -3.46. The molecule has 1 aliphatic rings. The molecule has 0 aromatic heterocycles. The van der Waals surface area contributed by atoms with E-state index in [1.807, 2.05) is 0 Å². The van der Waals surface area contributed by atoms with Gasteiger partial charge in [0.2, 0.25) is 15.9 Å². The molecule has 0 aliphatic carbocycles. The first-order chi connectivity index (χ1) is 9.29. The molecule has 1 saturated heterocycles. The van der Waals surface area contributed by atoms with Gasteiger partial charge in [0.05, 0.1) is 5.75 Å². The summed E-state index contributed by atoms with van der Waals surface area (Å²) in [5.74, 6) is -1.66. The van der Waals surface area contributed by atoms with Crippen LogP contribution in [0.1, 0.15) is 39.5 Å². The third-order valence-corrected chi connectivity index (χ3v) is 5.38. The van der Waals surface area contributed by atoms with Gasteiger partial charge < -0.3 is 10.4 Å². The number of nitrogens with zero attached hydrogens (tertiary/aromatic N) is 1. The molecule has 1 heterocycles. The molecule has 0 saturated carbocycles. The summed E-state index contributed by atoms with van der Waals surface area (Å²) in [6.45, 7) is 3.44. The first-order valence-corrected chi connectivity index (χ1v) is 8.43. The van der Waals surface area contributed by atoms with Crippen LogP contribution >= 0.6 is 0 Å². The van der Waals surface area contributed by atoms with Gasteiger partial charge in [-0.3, -0.25) is 9.59 Å². The number of aliphatic carboxylic acids is 1. The van der Waals surface area contributed by atoms with E-state index in [-0.39, 0.29) is 5.75 Å². The number of carboxylic acid groups (broad SMARTS) is 1. The Bertz CT molecular complexity index is 462. The predicted molar refractivity (Wildman–Crippen MR) is 73.7 cm³/mol. The minimum absolute atomic E-state index is 0.00522. The summed E-state index contributed by atoms with van der Waals surface area (Å²) in [5, 5.41) is 11.1. The van der Waals surface area contributed by atoms with E-state index < -0.39 is 34.0 Å². The Morgan fingerprint density at radius 1 is 1.40 bits per heavy atom. The number of rotatable bonds is 6. The molecule has 0 spiro atoms. The Labute approximate surface area is 119 Å². The summed E-state index contributed by atoms with van der Waals surface area (Å²) in [4.78, 5) is 22.8. The predicted octanol–water partition coefficient (Wildman–Crippen LogP) is 0.170. The van der Waals surface area contributed by atoms with Crippen molar-refractivity contribution >= 4 is 21.9 Å². The van der Waals surface area contributed by atoms with Crippen molar-refractivity contribution in [3.63, 3.8) is 0 Å². The highest BCUT2D eigenvalue weighted by molar-refractivity contribution is 7.89. The molecule has 1 fully saturated rings. The summed E-state index contributed by atoms with van der Waals surface area (Å²) in [7, 11) is -3.46. The molecule has 2 N–H and O–H groups in total. The summed E-state index contributed by atoms with van der Waals surface area (Å²) >= 11 is 0. The van der Waals surface area contributed by atoms with Crippen LogP contribution in [-0.2, 0) is 19.6 Å². The van der Waals surface area contributed by atoms with Crippen molar-refractivity contribution in [2.45, 2.75) is 51.6 Å². The lowest BCUT2D eigenvalue weighted by atomic mass is 10.0. The van der Waals surface area contributed by atoms with Crippen molar-refractivity contribution < 1.29 is 23.1 Å². The van der Waals surface area contributed by atoms with Crippen LogP contribution in [0.3, 0.4) is 0 Å². The highest BCUT2D eigenvalue weighted by atomic mass is 32.2. The number of carbonyl (C=O) groups is 2. The number of hydrogen-bond donors (Lipinski definition) is 2. The van der Waals surface area contributed by atoms with Gasteiger partial charge in [0.15, 0.2) is 0 Å². The van der Waals surface area contributed by atoms with E-state index in [4.69, 9.17) is 5.11 Å². The van der Waals surface area contributed by atoms with Gasteiger partial charge in [-0.2, -0.15) is 4.31 Å². The largest absolute Gasteiger partial charge is 0.480 e. The number of sulfonamides is 1. The molecule has 0 aromatic rings. The van der Waals surface area contributed by atoms with Crippen LogP contribution in [0.5, 0.6) is 0 Å². The van der Waals surface area contributed by atoms with Gasteiger partial charge >= 0.3 is 5.97 Å². The maximum Gasteiger partial charge on any atom is 0.325 e. The second-order valence-electron chi connectivity index (χ2n) is 5.01. The molecular weight excluding hydrogens is 284 g/mol. The lowest BCUT2D eigenvalue weighted by Gasteiger charge is -2.34. The summed E-state index contributed by atoms with van der Waals surface area (Å²) < 4.78 is 25.5. The first-order valence-electron chi connectivity index (χ1n) is 6.82. The standard InChI is InChI=1S/C12H22N2O5S/c1-3-8-20(18,19)14-7-5-4-6-10(14)11(15)13-9(2)12(16)17/h9-10H,3-8H2,1-2H3,(H,13,15)(H,16,17). The van der Waals surface area contributed by atoms with Crippen LogP contribution in [0, 0.1) is 0 Å². The van der Waals surface area contributed by atoms with E-state index in [0.29, 0.717) is 19.4 Å². The average molecular weight is 306 g/mol. The van der Waals surface area contributed by atoms with Crippen molar-refractivity contribution in [3.05, 3.63) is 0 Å². The van der Waals surface area contributed by atoms with Crippen LogP contribution in [0.4, 0.5) is 0 Å². The van der Waals surface area contributed by atoms with Crippen molar-refractivity contribution in [1.29, 1.82) is 0 Å². The minimum Gasteiger partial charge on any atom is -0.480 e. The molecule has 1 aliphatic heterocycles. The molecule has 20 heavy (non-hydrogen) atoms. The molecule has 116 valence electrons. The van der Waals surface area contributed by atoms with E-state index in [1.54, 1.807) is 6.92 Å². The Kier molecular flexibility index (Phi) is 5.94. The number of carbonyl (C=O) groups excluding carboxylic acids is 1. The zero-order valence-electron chi connectivity index (χ0n) is 11.8. The molecule has 0 radical (unpaired) electrons. The smallest absolute Gasteiger partial charge is 0.325 e. The molecule has 8 heteroatoms. The van der Waals surface area contributed by atoms with Crippen molar-refractivity contribution in [3.8, 4) is 0 Å². The molecule has 1 amide bonds. The van der Waals surface area contributed by atoms with E-state index >= 15 is 0 Å². The van der Waals surface area contributed by atoms with Gasteiger partial charge in [-0.15, -0.1) is 0 Å². The van der Waals surface area contributed by atoms with E-state index in [2.05, 4.69) is 5.32 Å². The second-order valence-corrected chi connectivity index (χ2v) is 7.05. The number of amides is 1. The van der Waals surface area contributed by atoms with Crippen molar-refractivity contribution in [1.82, 2.24) is 9.62 Å². The molecule has 1 rings (SSSR count). The van der Waals surface area contributed by atoms with Crippen LogP contribution in [0.25, 0.3) is 0 Å². The molecule has 0 aromatic carbocycles. The van der Waals surface area contributed by atoms with E-state index in [9.17, 15) is 18.0 Å². The summed E-state index contributed by atoms with van der Waals surface area (Å²) in [6, 6.07) is -1.82. The lowest BCUT2D eigenvalue weighted by Crippen LogP contribution is -2.54. The molecule has 2 unspecified atom stereocenters. The maximum absolute atomic E-state index is 12.1. The molecule has 0 bridgehead atoms. The maximum atomic E-state index is 12.1. The van der Waals surface area contributed by atoms with E-state index in [0.717, 1.165) is 12.8 Å². The van der Waals surface area contributed by atoms with Gasteiger partial charge in [-0.25, -0.2) is 8.42 Å². The normalized spacial score (nSPS) is 22.2. The molecular formula is C12H22N2O5S. The van der Waals surface area contributed by atoms with Crippen LogP contribution < -0.4 is 5.32 Å². The fraction of sp³-hybridized carbons (Fsp3) is 0.833. The average Bonchev–Trinajstić information content (AvgIpc) is 2.38. The quantitative estimate of drug-likeness (QED) is 0.728. The van der Waals surface area contributed by atoms with Gasteiger partial charge in [0.25, 0.3) is 0 Å². The van der Waals surface area contributed by atoms with Crippen LogP contribution in [0.2, 0.25) is 0 Å². The molecule has 2 atom stereocenters. The van der Waals surface area contributed by atoms with Gasteiger partial charge in [-0.1, -0.05) is 13.3 Å². The fourth-order valence-electron chi connectivity index (χ4n) is 2.25. The molecule has 7 nitrogen and oxygen atoms in total. The Morgan fingerprint density at radius 3 is 2.60 bits per heavy atom. The highest BCUT2D eigenvalue weighted by Crippen LogP contribution is 2.21. The fourth-order valence-corrected chi connectivity index (χ4v) is 3.99. The SMILES string of the molecule is CCCS(=O)(=O)N1CCCCC1C(=O)NC(C)C(=O)O. The Hall–Kier alpha value is -1.15. The van der Waals surface area contributed by atoms with E-state index in [1.165, 1.54) is 11.2 Å². The number of nitrogens with one attached hydrogen (secondary N) is 1. The van der Waals surface area contributed by atoms with Gasteiger partial charge in [0.1, 0.15) is 12.1 Å².